The Morgan fingerprint density at radius 3 is 2.68 bits per heavy atom. The molecule has 38 heavy (non-hydrogen) atoms. The molecule has 0 saturated carbocycles. The lowest BCUT2D eigenvalue weighted by atomic mass is 9.91. The number of nitrogens with zero attached hydrogens (tertiary/aromatic N) is 1. The Labute approximate surface area is 222 Å². The lowest BCUT2D eigenvalue weighted by Gasteiger charge is -2.26. The van der Waals surface area contributed by atoms with Crippen LogP contribution in [0, 0.1) is 5.92 Å². The summed E-state index contributed by atoms with van der Waals surface area (Å²) in [4.78, 5) is 4.60. The van der Waals surface area contributed by atoms with Gasteiger partial charge >= 0.3 is 15.5 Å². The molecule has 1 aliphatic rings. The van der Waals surface area contributed by atoms with E-state index in [0.717, 1.165) is 27.9 Å². The van der Waals surface area contributed by atoms with Gasteiger partial charge in [0.1, 0.15) is 18.1 Å². The van der Waals surface area contributed by atoms with Crippen LogP contribution in [0.3, 0.4) is 0 Å². The summed E-state index contributed by atoms with van der Waals surface area (Å²) in [7, 11) is -5.48. The quantitative estimate of drug-likeness (QED) is 0.277. The highest BCUT2D eigenvalue weighted by molar-refractivity contribution is 7.93. The zero-order valence-electron chi connectivity index (χ0n) is 19.8. The Balaban J connectivity index is 1.24. The van der Waals surface area contributed by atoms with E-state index in [4.69, 9.17) is 21.1 Å². The maximum Gasteiger partial charge on any atom is 0.516 e. The molecule has 6 nitrogen and oxygen atoms in total. The second-order valence-electron chi connectivity index (χ2n) is 9.03. The van der Waals surface area contributed by atoms with E-state index in [1.54, 1.807) is 16.9 Å². The van der Waals surface area contributed by atoms with Gasteiger partial charge in [0.15, 0.2) is 0 Å². The highest BCUT2D eigenvalue weighted by atomic mass is 35.5. The SMILES string of the molecule is O=S(=O)(Nc1cccc(CC2COc3ccc(OCc4ccc5ccc(Cl)cc5n4)cc3C2)c1)C(F)(F)F. The number of pyridine rings is 1. The van der Waals surface area contributed by atoms with Crippen molar-refractivity contribution < 1.29 is 31.1 Å². The Morgan fingerprint density at radius 1 is 1.05 bits per heavy atom. The van der Waals surface area contributed by atoms with Gasteiger partial charge in [0.05, 0.1) is 17.8 Å². The van der Waals surface area contributed by atoms with E-state index in [0.29, 0.717) is 35.8 Å². The molecule has 5 rings (SSSR count). The number of alkyl halides is 3. The second-order valence-corrected chi connectivity index (χ2v) is 11.1. The third kappa shape index (κ3) is 5.97. The van der Waals surface area contributed by atoms with Crippen LogP contribution < -0.4 is 14.2 Å². The Bertz CT molecular complexity index is 1600. The van der Waals surface area contributed by atoms with Crippen LogP contribution in [0.4, 0.5) is 18.9 Å². The van der Waals surface area contributed by atoms with Gasteiger partial charge in [-0.3, -0.25) is 4.72 Å². The summed E-state index contributed by atoms with van der Waals surface area (Å²) in [5, 5.41) is 1.60. The number of nitrogens with one attached hydrogen (secondary N) is 1. The number of halogens is 4. The number of sulfonamides is 1. The molecule has 0 saturated heterocycles. The number of fused-ring (bicyclic) bond motifs is 2. The van der Waals surface area contributed by atoms with Crippen molar-refractivity contribution in [3.05, 3.63) is 94.6 Å². The predicted octanol–water partition coefficient (Wildman–Crippen LogP) is 6.52. The van der Waals surface area contributed by atoms with Gasteiger partial charge in [0.25, 0.3) is 0 Å². The third-order valence-corrected chi connectivity index (χ3v) is 7.47. The number of hydrogen-bond acceptors (Lipinski definition) is 5. The Hall–Kier alpha value is -3.50. The number of aromatic nitrogens is 1. The molecule has 0 aliphatic carbocycles. The minimum Gasteiger partial charge on any atom is -0.493 e. The van der Waals surface area contributed by atoms with E-state index in [1.165, 1.54) is 18.2 Å². The maximum atomic E-state index is 12.7. The van der Waals surface area contributed by atoms with Crippen molar-refractivity contribution in [2.45, 2.75) is 25.0 Å². The third-order valence-electron chi connectivity index (χ3n) is 6.12. The van der Waals surface area contributed by atoms with E-state index in [-0.39, 0.29) is 18.2 Å². The number of ether oxygens (including phenoxy) is 2. The summed E-state index contributed by atoms with van der Waals surface area (Å²) in [5.41, 5.74) is -2.34. The minimum atomic E-state index is -5.48. The van der Waals surface area contributed by atoms with Crippen molar-refractivity contribution in [2.24, 2.45) is 5.92 Å². The zero-order valence-corrected chi connectivity index (χ0v) is 21.4. The maximum absolute atomic E-state index is 12.7. The molecule has 0 bridgehead atoms. The highest BCUT2D eigenvalue weighted by Gasteiger charge is 2.46. The number of anilines is 1. The Morgan fingerprint density at radius 2 is 1.87 bits per heavy atom. The molecule has 1 atom stereocenters. The van der Waals surface area contributed by atoms with Crippen molar-refractivity contribution in [3.8, 4) is 11.5 Å². The lowest BCUT2D eigenvalue weighted by molar-refractivity contribution is -0.0429. The summed E-state index contributed by atoms with van der Waals surface area (Å²) >= 11 is 6.07. The smallest absolute Gasteiger partial charge is 0.493 e. The van der Waals surface area contributed by atoms with Gasteiger partial charge in [-0.2, -0.15) is 21.6 Å². The molecule has 1 aliphatic heterocycles. The Kier molecular flexibility index (Phi) is 7.11. The van der Waals surface area contributed by atoms with Crippen molar-refractivity contribution in [2.75, 3.05) is 11.3 Å². The molecule has 1 N–H and O–H groups in total. The van der Waals surface area contributed by atoms with Crippen molar-refractivity contribution >= 4 is 38.2 Å². The van der Waals surface area contributed by atoms with E-state index in [9.17, 15) is 21.6 Å². The fraction of sp³-hybridized carbons (Fsp3) is 0.222. The normalized spacial score (nSPS) is 15.5. The fourth-order valence-electron chi connectivity index (χ4n) is 4.33. The molecule has 2 heterocycles. The van der Waals surface area contributed by atoms with E-state index >= 15 is 0 Å². The fourth-order valence-corrected chi connectivity index (χ4v) is 5.05. The van der Waals surface area contributed by atoms with Gasteiger partial charge in [-0.15, -0.1) is 0 Å². The first kappa shape index (κ1) is 26.1. The largest absolute Gasteiger partial charge is 0.516 e. The second kappa shape index (κ2) is 10.3. The van der Waals surface area contributed by atoms with E-state index < -0.39 is 15.5 Å². The number of benzene rings is 3. The highest BCUT2D eigenvalue weighted by Crippen LogP contribution is 2.33. The zero-order chi connectivity index (χ0) is 26.9. The summed E-state index contributed by atoms with van der Waals surface area (Å²) < 4.78 is 74.4. The molecule has 0 fully saturated rings. The molecule has 4 aromatic rings. The van der Waals surface area contributed by atoms with Crippen LogP contribution in [0.25, 0.3) is 10.9 Å². The van der Waals surface area contributed by atoms with Crippen LogP contribution in [0.2, 0.25) is 5.02 Å². The van der Waals surface area contributed by atoms with Crippen LogP contribution in [0.15, 0.2) is 72.8 Å². The van der Waals surface area contributed by atoms with Crippen LogP contribution in [-0.4, -0.2) is 25.5 Å². The van der Waals surface area contributed by atoms with Crippen molar-refractivity contribution in [1.82, 2.24) is 4.98 Å². The van der Waals surface area contributed by atoms with Gasteiger partial charge in [-0.25, -0.2) is 4.98 Å². The predicted molar refractivity (Wildman–Crippen MR) is 139 cm³/mol. The molecular weight excluding hydrogens is 541 g/mol. The van der Waals surface area contributed by atoms with Crippen LogP contribution in [0.5, 0.6) is 11.5 Å². The van der Waals surface area contributed by atoms with Crippen LogP contribution in [0.1, 0.15) is 16.8 Å². The first-order chi connectivity index (χ1) is 18.1. The van der Waals surface area contributed by atoms with Gasteiger partial charge in [0.2, 0.25) is 0 Å². The standard InChI is InChI=1S/C27H22ClF3N2O4S/c28-21-6-4-19-5-7-23(32-25(19)14-21)16-36-24-8-9-26-20(13-24)11-18(15-37-26)10-17-2-1-3-22(12-17)33-38(34,35)27(29,30)31/h1-9,12-14,18,33H,10-11,15-16H2. The molecule has 0 radical (unpaired) electrons. The van der Waals surface area contributed by atoms with Gasteiger partial charge < -0.3 is 9.47 Å². The first-order valence-electron chi connectivity index (χ1n) is 11.7. The molecule has 1 unspecified atom stereocenters. The van der Waals surface area contributed by atoms with Gasteiger partial charge in [0, 0.05) is 22.0 Å². The summed E-state index contributed by atoms with van der Waals surface area (Å²) in [5.74, 6) is 1.45. The van der Waals surface area contributed by atoms with Crippen molar-refractivity contribution in [1.29, 1.82) is 0 Å². The van der Waals surface area contributed by atoms with Crippen LogP contribution in [-0.2, 0) is 29.5 Å². The molecule has 1 aromatic heterocycles. The molecule has 198 valence electrons. The summed E-state index contributed by atoms with van der Waals surface area (Å²) in [6.45, 7) is 0.696. The van der Waals surface area contributed by atoms with Gasteiger partial charge in [-0.05, 0) is 72.5 Å². The van der Waals surface area contributed by atoms with Crippen molar-refractivity contribution in [3.63, 3.8) is 0 Å². The lowest BCUT2D eigenvalue weighted by Crippen LogP contribution is -2.30. The molecule has 11 heteroatoms. The topological polar surface area (TPSA) is 77.5 Å². The average Bonchev–Trinajstić information content (AvgIpc) is 2.86. The minimum absolute atomic E-state index is 0.0409. The summed E-state index contributed by atoms with van der Waals surface area (Å²) in [6.07, 6.45) is 1.16. The summed E-state index contributed by atoms with van der Waals surface area (Å²) in [6, 6.07) is 20.9. The van der Waals surface area contributed by atoms with Crippen LogP contribution >= 0.6 is 11.6 Å². The molecule has 0 amide bonds. The molecular formula is C27H22ClF3N2O4S. The number of hydrogen-bond donors (Lipinski definition) is 1. The monoisotopic (exact) mass is 562 g/mol. The first-order valence-corrected chi connectivity index (χ1v) is 13.5. The van der Waals surface area contributed by atoms with Gasteiger partial charge in [-0.1, -0.05) is 35.9 Å². The molecule has 3 aromatic carbocycles. The average molecular weight is 563 g/mol. The van der Waals surface area contributed by atoms with E-state index in [1.807, 2.05) is 42.5 Å². The van der Waals surface area contributed by atoms with E-state index in [2.05, 4.69) is 4.98 Å². The molecule has 0 spiro atoms. The number of rotatable bonds is 7.